The van der Waals surface area contributed by atoms with E-state index < -0.39 is 0 Å². The molecule has 2 N–H and O–H groups in total. The first-order valence-electron chi connectivity index (χ1n) is 11.9. The highest BCUT2D eigenvalue weighted by molar-refractivity contribution is 6.09. The summed E-state index contributed by atoms with van der Waals surface area (Å²) in [6, 6.07) is 5.64. The van der Waals surface area contributed by atoms with E-state index in [4.69, 9.17) is 4.74 Å². The van der Waals surface area contributed by atoms with Crippen molar-refractivity contribution in [2.24, 2.45) is 0 Å². The first-order valence-corrected chi connectivity index (χ1v) is 11.9. The lowest BCUT2D eigenvalue weighted by atomic mass is 10.0. The topological polar surface area (TPSA) is 104 Å². The highest BCUT2D eigenvalue weighted by Crippen LogP contribution is 2.42. The Bertz CT molecular complexity index is 1280. The summed E-state index contributed by atoms with van der Waals surface area (Å²) in [5, 5.41) is 10.1. The number of hydrogen-bond donors (Lipinski definition) is 2. The van der Waals surface area contributed by atoms with Crippen molar-refractivity contribution in [3.05, 3.63) is 47.9 Å². The Morgan fingerprint density at radius 3 is 2.69 bits per heavy atom. The molecule has 5 rings (SSSR count). The molecule has 1 aromatic carbocycles. The summed E-state index contributed by atoms with van der Waals surface area (Å²) in [5.74, 6) is 0.605. The predicted octanol–water partition coefficient (Wildman–Crippen LogP) is 1.95. The summed E-state index contributed by atoms with van der Waals surface area (Å²) in [5.41, 5.74) is 3.34. The Hall–Kier alpha value is -3.66. The molecule has 2 aromatic heterocycles. The van der Waals surface area contributed by atoms with Crippen molar-refractivity contribution >= 4 is 28.8 Å². The van der Waals surface area contributed by atoms with E-state index in [1.807, 2.05) is 19.1 Å². The van der Waals surface area contributed by atoms with Gasteiger partial charge in [0.15, 0.2) is 5.65 Å². The third kappa shape index (κ3) is 4.41. The molecule has 1 fully saturated rings. The molecule has 1 saturated heterocycles. The molecule has 10 heteroatoms. The molecule has 4 heterocycles. The van der Waals surface area contributed by atoms with Gasteiger partial charge in [0.1, 0.15) is 16.9 Å². The van der Waals surface area contributed by atoms with Gasteiger partial charge in [-0.05, 0) is 32.9 Å². The van der Waals surface area contributed by atoms with Crippen LogP contribution in [0.1, 0.15) is 36.7 Å². The van der Waals surface area contributed by atoms with Gasteiger partial charge in [-0.3, -0.25) is 14.5 Å². The molecular formula is C25H31N7O3. The quantitative estimate of drug-likeness (QED) is 0.579. The number of piperazine rings is 1. The lowest BCUT2D eigenvalue weighted by molar-refractivity contribution is -0.125. The van der Waals surface area contributed by atoms with Crippen LogP contribution in [0.4, 0.5) is 11.4 Å². The summed E-state index contributed by atoms with van der Waals surface area (Å²) in [6.07, 6.45) is 5.71. The summed E-state index contributed by atoms with van der Waals surface area (Å²) < 4.78 is 7.78. The van der Waals surface area contributed by atoms with Crippen LogP contribution in [-0.4, -0.2) is 76.2 Å². The minimum Gasteiger partial charge on any atom is -0.487 e. The van der Waals surface area contributed by atoms with Crippen LogP contribution >= 0.6 is 0 Å². The van der Waals surface area contributed by atoms with Crippen LogP contribution in [0.2, 0.25) is 0 Å². The van der Waals surface area contributed by atoms with Gasteiger partial charge in [0.2, 0.25) is 5.91 Å². The summed E-state index contributed by atoms with van der Waals surface area (Å²) in [7, 11) is 1.66. The van der Waals surface area contributed by atoms with E-state index in [9.17, 15) is 9.59 Å². The number of ether oxygens (including phenoxy) is 1. The maximum Gasteiger partial charge on any atom is 0.261 e. The van der Waals surface area contributed by atoms with Crippen molar-refractivity contribution in [2.45, 2.75) is 38.8 Å². The monoisotopic (exact) mass is 477 g/mol. The Morgan fingerprint density at radius 1 is 1.17 bits per heavy atom. The zero-order chi connectivity index (χ0) is 24.7. The van der Waals surface area contributed by atoms with E-state index in [1.54, 1.807) is 30.0 Å². The largest absolute Gasteiger partial charge is 0.487 e. The molecule has 0 saturated carbocycles. The molecule has 10 nitrogen and oxygen atoms in total. The normalized spacial score (nSPS) is 18.1. The van der Waals surface area contributed by atoms with E-state index in [1.165, 1.54) is 6.20 Å². The van der Waals surface area contributed by atoms with Gasteiger partial charge in [0.25, 0.3) is 5.91 Å². The molecule has 2 aliphatic rings. The fourth-order valence-corrected chi connectivity index (χ4v) is 4.90. The third-order valence-corrected chi connectivity index (χ3v) is 6.78. The number of hydrogen-bond acceptors (Lipinski definition) is 7. The Balaban J connectivity index is 1.43. The number of carbonyl (C=O) groups excluding carboxylic acids is 2. The van der Waals surface area contributed by atoms with E-state index >= 15 is 0 Å². The number of aromatic nitrogens is 3. The van der Waals surface area contributed by atoms with E-state index in [0.717, 1.165) is 55.3 Å². The molecule has 1 unspecified atom stereocenters. The molecule has 1 atom stereocenters. The molecule has 0 aliphatic carbocycles. The molecule has 184 valence electrons. The maximum atomic E-state index is 13.3. The SMILES string of the molecule is CNC(=O)C(C)N1CCN(c2cc3c(cc2NC(=O)c2cnn4cccnc24)CC(C)(C)O3)CC1. The first kappa shape index (κ1) is 23.1. The molecule has 35 heavy (non-hydrogen) atoms. The van der Waals surface area contributed by atoms with Crippen LogP contribution in [-0.2, 0) is 11.2 Å². The van der Waals surface area contributed by atoms with Gasteiger partial charge in [-0.2, -0.15) is 5.10 Å². The van der Waals surface area contributed by atoms with Crippen molar-refractivity contribution < 1.29 is 14.3 Å². The average molecular weight is 478 g/mol. The van der Waals surface area contributed by atoms with Gasteiger partial charge in [-0.25, -0.2) is 9.50 Å². The van der Waals surface area contributed by atoms with Crippen molar-refractivity contribution in [3.63, 3.8) is 0 Å². The van der Waals surface area contributed by atoms with Crippen LogP contribution in [0.3, 0.4) is 0 Å². The highest BCUT2D eigenvalue weighted by atomic mass is 16.5. The second kappa shape index (κ2) is 8.84. The lowest BCUT2D eigenvalue weighted by Crippen LogP contribution is -2.53. The van der Waals surface area contributed by atoms with E-state index in [2.05, 4.69) is 44.4 Å². The minimum atomic E-state index is -0.295. The predicted molar refractivity (Wildman–Crippen MR) is 133 cm³/mol. The number of fused-ring (bicyclic) bond motifs is 2. The Kier molecular flexibility index (Phi) is 5.84. The number of rotatable bonds is 5. The highest BCUT2D eigenvalue weighted by Gasteiger charge is 2.33. The van der Waals surface area contributed by atoms with Crippen LogP contribution < -0.4 is 20.3 Å². The molecule has 2 amide bonds. The fourth-order valence-electron chi connectivity index (χ4n) is 4.90. The first-order chi connectivity index (χ1) is 16.8. The summed E-state index contributed by atoms with van der Waals surface area (Å²) in [4.78, 5) is 34.1. The van der Waals surface area contributed by atoms with E-state index in [0.29, 0.717) is 11.2 Å². The number of nitrogens with one attached hydrogen (secondary N) is 2. The van der Waals surface area contributed by atoms with Gasteiger partial charge in [-0.1, -0.05) is 0 Å². The van der Waals surface area contributed by atoms with Gasteiger partial charge in [0, 0.05) is 63.7 Å². The van der Waals surface area contributed by atoms with E-state index in [-0.39, 0.29) is 23.5 Å². The zero-order valence-corrected chi connectivity index (χ0v) is 20.5. The molecule has 0 spiro atoms. The summed E-state index contributed by atoms with van der Waals surface area (Å²) >= 11 is 0. The van der Waals surface area contributed by atoms with Crippen LogP contribution in [0.15, 0.2) is 36.8 Å². The maximum absolute atomic E-state index is 13.3. The molecule has 3 aromatic rings. The minimum absolute atomic E-state index is 0.0153. The number of anilines is 2. The third-order valence-electron chi connectivity index (χ3n) is 6.78. The zero-order valence-electron chi connectivity index (χ0n) is 20.5. The van der Waals surface area contributed by atoms with Gasteiger partial charge in [-0.15, -0.1) is 0 Å². The fraction of sp³-hybridized carbons (Fsp3) is 0.440. The summed E-state index contributed by atoms with van der Waals surface area (Å²) in [6.45, 7) is 8.99. The average Bonchev–Trinajstić information content (AvgIpc) is 3.41. The van der Waals surface area contributed by atoms with Crippen LogP contribution in [0.5, 0.6) is 5.75 Å². The molecule has 2 aliphatic heterocycles. The van der Waals surface area contributed by atoms with Gasteiger partial charge >= 0.3 is 0 Å². The second-order valence-corrected chi connectivity index (χ2v) is 9.73. The number of carbonyl (C=O) groups is 2. The number of amides is 2. The number of nitrogens with zero attached hydrogens (tertiary/aromatic N) is 5. The lowest BCUT2D eigenvalue weighted by Gasteiger charge is -2.39. The van der Waals surface area contributed by atoms with Gasteiger partial charge < -0.3 is 20.3 Å². The second-order valence-electron chi connectivity index (χ2n) is 9.73. The van der Waals surface area contributed by atoms with Gasteiger partial charge in [0.05, 0.1) is 23.6 Å². The van der Waals surface area contributed by atoms with Crippen LogP contribution in [0.25, 0.3) is 5.65 Å². The van der Waals surface area contributed by atoms with Crippen molar-refractivity contribution in [1.82, 2.24) is 24.8 Å². The van der Waals surface area contributed by atoms with Crippen molar-refractivity contribution in [1.29, 1.82) is 0 Å². The number of likely N-dealkylation sites (N-methyl/N-ethyl adjacent to an activating group) is 1. The van der Waals surface area contributed by atoms with Crippen molar-refractivity contribution in [3.8, 4) is 5.75 Å². The standard InChI is InChI=1S/C25H31N7O3/c1-16(23(33)26-4)30-8-10-31(11-9-30)20-13-21-17(14-25(2,3)35-21)12-19(20)29-24(34)18-15-28-32-7-5-6-27-22(18)32/h5-7,12-13,15-16H,8-11,14H2,1-4H3,(H,26,33)(H,29,34). The Morgan fingerprint density at radius 2 is 1.94 bits per heavy atom. The smallest absolute Gasteiger partial charge is 0.261 e. The van der Waals surface area contributed by atoms with Crippen LogP contribution in [0, 0.1) is 0 Å². The Labute approximate surface area is 204 Å². The number of benzene rings is 1. The molecule has 0 bridgehead atoms. The van der Waals surface area contributed by atoms with Crippen molar-refractivity contribution in [2.75, 3.05) is 43.4 Å². The molecular weight excluding hydrogens is 446 g/mol. The molecule has 0 radical (unpaired) electrons.